The SMILES string of the molecule is COCC1(CNS(=O)(=O)c2c(C)nn(CC(C)C)c2C)CCNCC1. The van der Waals surface area contributed by atoms with Gasteiger partial charge in [-0.25, -0.2) is 13.1 Å². The lowest BCUT2D eigenvalue weighted by atomic mass is 9.80. The summed E-state index contributed by atoms with van der Waals surface area (Å²) in [5.74, 6) is 0.404. The highest BCUT2D eigenvalue weighted by Crippen LogP contribution is 2.29. The molecule has 0 radical (unpaired) electrons. The maximum absolute atomic E-state index is 12.9. The van der Waals surface area contributed by atoms with E-state index in [1.807, 2.05) is 6.92 Å². The van der Waals surface area contributed by atoms with Crippen molar-refractivity contribution in [2.45, 2.75) is 52.0 Å². The quantitative estimate of drug-likeness (QED) is 0.721. The predicted molar refractivity (Wildman–Crippen MR) is 98.1 cm³/mol. The van der Waals surface area contributed by atoms with Crippen LogP contribution in [-0.2, 0) is 21.3 Å². The average molecular weight is 373 g/mol. The van der Waals surface area contributed by atoms with Gasteiger partial charge in [-0.15, -0.1) is 0 Å². The minimum absolute atomic E-state index is 0.150. The minimum Gasteiger partial charge on any atom is -0.384 e. The summed E-state index contributed by atoms with van der Waals surface area (Å²) in [6.45, 7) is 11.2. The van der Waals surface area contributed by atoms with Crippen molar-refractivity contribution in [3.63, 3.8) is 0 Å². The molecule has 0 bridgehead atoms. The molecule has 8 heteroatoms. The number of aryl methyl sites for hydroxylation is 1. The first kappa shape index (κ1) is 20.4. The number of nitrogens with one attached hydrogen (secondary N) is 2. The number of aromatic nitrogens is 2. The van der Waals surface area contributed by atoms with Crippen molar-refractivity contribution in [2.24, 2.45) is 11.3 Å². The molecule has 1 saturated heterocycles. The Morgan fingerprint density at radius 2 is 1.96 bits per heavy atom. The van der Waals surface area contributed by atoms with Gasteiger partial charge in [-0.1, -0.05) is 13.8 Å². The molecular weight excluding hydrogens is 340 g/mol. The van der Waals surface area contributed by atoms with Crippen LogP contribution in [0.1, 0.15) is 38.1 Å². The first-order chi connectivity index (χ1) is 11.7. The molecule has 0 amide bonds. The van der Waals surface area contributed by atoms with Crippen molar-refractivity contribution in [1.29, 1.82) is 0 Å². The Morgan fingerprint density at radius 1 is 1.32 bits per heavy atom. The smallest absolute Gasteiger partial charge is 0.244 e. The topological polar surface area (TPSA) is 85.2 Å². The maximum Gasteiger partial charge on any atom is 0.244 e. The Bertz CT molecular complexity index is 671. The third-order valence-corrected chi connectivity index (χ3v) is 6.53. The molecular formula is C17H32N4O3S. The van der Waals surface area contributed by atoms with E-state index in [1.165, 1.54) is 0 Å². The Balaban J connectivity index is 2.20. The lowest BCUT2D eigenvalue weighted by Gasteiger charge is -2.37. The first-order valence-electron chi connectivity index (χ1n) is 8.94. The van der Waals surface area contributed by atoms with Crippen LogP contribution in [0.25, 0.3) is 0 Å². The first-order valence-corrected chi connectivity index (χ1v) is 10.4. The molecule has 0 aliphatic carbocycles. The van der Waals surface area contributed by atoms with Gasteiger partial charge >= 0.3 is 0 Å². The largest absolute Gasteiger partial charge is 0.384 e. The van der Waals surface area contributed by atoms with Gasteiger partial charge in [-0.3, -0.25) is 4.68 Å². The number of ether oxygens (including phenoxy) is 1. The van der Waals surface area contributed by atoms with Gasteiger partial charge in [0.2, 0.25) is 10.0 Å². The molecule has 1 aliphatic heterocycles. The number of nitrogens with zero attached hydrogens (tertiary/aromatic N) is 2. The van der Waals surface area contributed by atoms with E-state index in [-0.39, 0.29) is 5.41 Å². The van der Waals surface area contributed by atoms with Gasteiger partial charge < -0.3 is 10.1 Å². The van der Waals surface area contributed by atoms with Crippen LogP contribution in [0.5, 0.6) is 0 Å². The lowest BCUT2D eigenvalue weighted by Crippen LogP contribution is -2.47. The molecule has 0 saturated carbocycles. The highest BCUT2D eigenvalue weighted by atomic mass is 32.2. The Kier molecular flexibility index (Phi) is 6.64. The monoisotopic (exact) mass is 372 g/mol. The third kappa shape index (κ3) is 4.81. The van der Waals surface area contributed by atoms with Crippen LogP contribution in [0.3, 0.4) is 0 Å². The van der Waals surface area contributed by atoms with E-state index in [0.717, 1.165) is 25.9 Å². The van der Waals surface area contributed by atoms with Crippen LogP contribution < -0.4 is 10.0 Å². The normalized spacial score (nSPS) is 18.0. The number of methoxy groups -OCH3 is 1. The van der Waals surface area contributed by atoms with Crippen LogP contribution >= 0.6 is 0 Å². The predicted octanol–water partition coefficient (Wildman–Crippen LogP) is 1.45. The van der Waals surface area contributed by atoms with Crippen molar-refractivity contribution >= 4 is 10.0 Å². The van der Waals surface area contributed by atoms with E-state index in [0.29, 0.717) is 41.9 Å². The van der Waals surface area contributed by atoms with Crippen LogP contribution in [0.15, 0.2) is 4.90 Å². The summed E-state index contributed by atoms with van der Waals surface area (Å²) in [4.78, 5) is 0.314. The van der Waals surface area contributed by atoms with Gasteiger partial charge in [0.1, 0.15) is 4.90 Å². The molecule has 25 heavy (non-hydrogen) atoms. The van der Waals surface area contributed by atoms with Gasteiger partial charge in [0.15, 0.2) is 0 Å². The van der Waals surface area contributed by atoms with E-state index in [1.54, 1.807) is 18.7 Å². The fourth-order valence-electron chi connectivity index (χ4n) is 3.55. The molecule has 2 N–H and O–H groups in total. The lowest BCUT2D eigenvalue weighted by molar-refractivity contribution is 0.0577. The average Bonchev–Trinajstić information content (AvgIpc) is 2.81. The van der Waals surface area contributed by atoms with Gasteiger partial charge in [0.25, 0.3) is 0 Å². The van der Waals surface area contributed by atoms with E-state index < -0.39 is 10.0 Å². The summed E-state index contributed by atoms with van der Waals surface area (Å²) in [7, 11) is -1.93. The second-order valence-corrected chi connectivity index (χ2v) is 9.29. The molecule has 1 aromatic rings. The van der Waals surface area contributed by atoms with Gasteiger partial charge in [0, 0.05) is 25.6 Å². The van der Waals surface area contributed by atoms with Crippen LogP contribution in [0, 0.1) is 25.2 Å². The molecule has 0 aromatic carbocycles. The number of sulfonamides is 1. The van der Waals surface area contributed by atoms with E-state index in [2.05, 4.69) is 29.0 Å². The summed E-state index contributed by atoms with van der Waals surface area (Å²) >= 11 is 0. The molecule has 0 atom stereocenters. The Morgan fingerprint density at radius 3 is 2.52 bits per heavy atom. The number of piperidine rings is 1. The molecule has 7 nitrogen and oxygen atoms in total. The molecule has 0 unspecified atom stereocenters. The number of hydrogen-bond acceptors (Lipinski definition) is 5. The van der Waals surface area contributed by atoms with E-state index in [9.17, 15) is 8.42 Å². The van der Waals surface area contributed by atoms with E-state index >= 15 is 0 Å². The fraction of sp³-hybridized carbons (Fsp3) is 0.824. The van der Waals surface area contributed by atoms with Crippen LogP contribution in [-0.4, -0.2) is 51.5 Å². The second kappa shape index (κ2) is 8.16. The van der Waals surface area contributed by atoms with Crippen molar-refractivity contribution in [1.82, 2.24) is 19.8 Å². The zero-order valence-corrected chi connectivity index (χ0v) is 16.9. The molecule has 1 fully saturated rings. The van der Waals surface area contributed by atoms with Crippen molar-refractivity contribution in [2.75, 3.05) is 33.4 Å². The molecule has 0 spiro atoms. The Labute approximate surface area is 151 Å². The zero-order chi connectivity index (χ0) is 18.7. The highest BCUT2D eigenvalue weighted by molar-refractivity contribution is 7.89. The standard InChI is InChI=1S/C17H32N4O3S/c1-13(2)10-21-15(4)16(14(3)20-21)25(22,23)19-11-17(12-24-5)6-8-18-9-7-17/h13,18-19H,6-12H2,1-5H3. The molecule has 1 aromatic heterocycles. The second-order valence-electron chi connectivity index (χ2n) is 7.58. The fourth-order valence-corrected chi connectivity index (χ4v) is 5.11. The summed E-state index contributed by atoms with van der Waals surface area (Å²) in [6.07, 6.45) is 1.79. The maximum atomic E-state index is 12.9. The molecule has 144 valence electrons. The van der Waals surface area contributed by atoms with Crippen molar-refractivity contribution in [3.8, 4) is 0 Å². The summed E-state index contributed by atoms with van der Waals surface area (Å²) in [5.41, 5.74) is 1.10. The summed E-state index contributed by atoms with van der Waals surface area (Å²) in [6, 6.07) is 0. The number of rotatable bonds is 8. The highest BCUT2D eigenvalue weighted by Gasteiger charge is 2.34. The third-order valence-electron chi connectivity index (χ3n) is 4.87. The van der Waals surface area contributed by atoms with Crippen LogP contribution in [0.4, 0.5) is 0 Å². The van der Waals surface area contributed by atoms with Gasteiger partial charge in [-0.2, -0.15) is 5.10 Å². The molecule has 1 aliphatic rings. The number of hydrogen-bond donors (Lipinski definition) is 2. The van der Waals surface area contributed by atoms with Crippen molar-refractivity contribution in [3.05, 3.63) is 11.4 Å². The molecule has 2 rings (SSSR count). The van der Waals surface area contributed by atoms with E-state index in [4.69, 9.17) is 4.74 Å². The van der Waals surface area contributed by atoms with Crippen molar-refractivity contribution < 1.29 is 13.2 Å². The minimum atomic E-state index is -3.60. The van der Waals surface area contributed by atoms with Gasteiger partial charge in [0.05, 0.1) is 18.0 Å². The van der Waals surface area contributed by atoms with Crippen LogP contribution in [0.2, 0.25) is 0 Å². The zero-order valence-electron chi connectivity index (χ0n) is 16.1. The molecule has 2 heterocycles. The Hall–Kier alpha value is -0.960. The summed E-state index contributed by atoms with van der Waals surface area (Å²) in [5, 5.41) is 7.75. The van der Waals surface area contributed by atoms with Gasteiger partial charge in [-0.05, 0) is 45.7 Å². The summed E-state index contributed by atoms with van der Waals surface area (Å²) < 4.78 is 35.9.